The summed E-state index contributed by atoms with van der Waals surface area (Å²) in [5, 5.41) is 15.3. The zero-order valence-corrected chi connectivity index (χ0v) is 17.9. The van der Waals surface area contributed by atoms with Crippen molar-refractivity contribution in [2.24, 2.45) is 28.1 Å². The second kappa shape index (κ2) is 9.07. The summed E-state index contributed by atoms with van der Waals surface area (Å²) >= 11 is 0.120. The van der Waals surface area contributed by atoms with Crippen LogP contribution < -0.4 is 10.9 Å². The number of alkyl halides is 3. The zero-order chi connectivity index (χ0) is 24.7. The van der Waals surface area contributed by atoms with Gasteiger partial charge in [0.25, 0.3) is 0 Å². The molecule has 1 fully saturated rings. The van der Waals surface area contributed by atoms with Crippen LogP contribution in [0.25, 0.3) is 0 Å². The minimum Gasteiger partial charge on any atom is -0.511 e. The van der Waals surface area contributed by atoms with Gasteiger partial charge in [0.05, 0.1) is 11.6 Å². The minimum absolute atomic E-state index is 0.0228. The Labute approximate surface area is 189 Å². The number of carbonyl (C=O) groups excluding carboxylic acids is 1. The molecule has 4 atom stereocenters. The molecule has 0 spiro atoms. The van der Waals surface area contributed by atoms with E-state index in [4.69, 9.17) is 10.9 Å². The predicted octanol–water partition coefficient (Wildman–Crippen LogP) is 5.47. The average Bonchev–Trinajstić information content (AvgIpc) is 3.36. The van der Waals surface area contributed by atoms with Crippen LogP contribution in [-0.2, 0) is 4.18 Å². The topological polar surface area (TPSA) is 98.6 Å². The number of allylic oxidation sites excluding steroid dienone is 5. The van der Waals surface area contributed by atoms with E-state index in [0.717, 1.165) is 24.3 Å². The molecule has 0 saturated heterocycles. The Bertz CT molecular complexity index is 1030. The van der Waals surface area contributed by atoms with Crippen LogP contribution in [0.4, 0.5) is 26.3 Å². The van der Waals surface area contributed by atoms with Crippen LogP contribution in [0.2, 0.25) is 0 Å². The SMILES string of the molecule is C[C@@]1(C2C=C(F)C(C(F)(F)F)=CC2)C[C@H]1/C=C(\O)[C@@H](N)c1cc(F)c(C(=O)OSN)c(F)c1. The van der Waals surface area contributed by atoms with Crippen LogP contribution in [-0.4, -0.2) is 17.3 Å². The number of aliphatic hydroxyl groups is 1. The molecular formula is C21H20F6N2O3S. The summed E-state index contributed by atoms with van der Waals surface area (Å²) in [6.45, 7) is 1.74. The lowest BCUT2D eigenvalue weighted by molar-refractivity contribution is -0.0918. The molecule has 1 aromatic carbocycles. The van der Waals surface area contributed by atoms with Crippen LogP contribution in [0.15, 0.2) is 47.5 Å². The Kier molecular flexibility index (Phi) is 6.92. The largest absolute Gasteiger partial charge is 0.511 e. The van der Waals surface area contributed by atoms with Crippen LogP contribution in [0.3, 0.4) is 0 Å². The summed E-state index contributed by atoms with van der Waals surface area (Å²) in [4.78, 5) is 11.6. The number of nitrogens with two attached hydrogens (primary N) is 2. The van der Waals surface area contributed by atoms with Crippen LogP contribution in [0.1, 0.15) is 41.7 Å². The first-order valence-electron chi connectivity index (χ1n) is 9.67. The van der Waals surface area contributed by atoms with E-state index in [1.165, 1.54) is 6.08 Å². The fourth-order valence-corrected chi connectivity index (χ4v) is 4.18. The van der Waals surface area contributed by atoms with Gasteiger partial charge in [-0.1, -0.05) is 13.0 Å². The number of hydrogen-bond donors (Lipinski definition) is 3. The van der Waals surface area contributed by atoms with E-state index in [1.807, 2.05) is 0 Å². The maximum absolute atomic E-state index is 14.2. The van der Waals surface area contributed by atoms with Crippen molar-refractivity contribution in [3.8, 4) is 0 Å². The number of carbonyl (C=O) groups is 1. The lowest BCUT2D eigenvalue weighted by Gasteiger charge is -2.25. The summed E-state index contributed by atoms with van der Waals surface area (Å²) in [7, 11) is 0. The number of halogens is 6. The van der Waals surface area contributed by atoms with Gasteiger partial charge >= 0.3 is 12.1 Å². The summed E-state index contributed by atoms with van der Waals surface area (Å²) in [6.07, 6.45) is -1.25. The lowest BCUT2D eigenvalue weighted by Crippen LogP contribution is -2.21. The Morgan fingerprint density at radius 2 is 1.91 bits per heavy atom. The van der Waals surface area contributed by atoms with Crippen LogP contribution in [0, 0.1) is 28.9 Å². The van der Waals surface area contributed by atoms with Crippen molar-refractivity contribution < 1.29 is 40.4 Å². The van der Waals surface area contributed by atoms with E-state index in [9.17, 15) is 36.2 Å². The first-order valence-corrected chi connectivity index (χ1v) is 10.5. The number of rotatable bonds is 6. The molecule has 2 aliphatic rings. The molecule has 5 nitrogen and oxygen atoms in total. The molecule has 0 aromatic heterocycles. The van der Waals surface area contributed by atoms with Gasteiger partial charge in [-0.3, -0.25) is 0 Å². The Morgan fingerprint density at radius 3 is 2.42 bits per heavy atom. The van der Waals surface area contributed by atoms with Crippen molar-refractivity contribution in [1.82, 2.24) is 0 Å². The number of aliphatic hydroxyl groups excluding tert-OH is 1. The minimum atomic E-state index is -4.78. The predicted molar refractivity (Wildman–Crippen MR) is 109 cm³/mol. The van der Waals surface area contributed by atoms with E-state index in [-0.39, 0.29) is 30.1 Å². The third-order valence-electron chi connectivity index (χ3n) is 6.12. The summed E-state index contributed by atoms with van der Waals surface area (Å²) < 4.78 is 85.1. The van der Waals surface area contributed by atoms with Gasteiger partial charge in [0.15, 0.2) is 0 Å². The van der Waals surface area contributed by atoms with E-state index in [1.54, 1.807) is 6.92 Å². The van der Waals surface area contributed by atoms with Crippen molar-refractivity contribution in [1.29, 1.82) is 0 Å². The molecule has 180 valence electrons. The molecule has 5 N–H and O–H groups in total. The summed E-state index contributed by atoms with van der Waals surface area (Å²) in [5.74, 6) is -6.51. The molecule has 0 amide bonds. The second-order valence-electron chi connectivity index (χ2n) is 8.18. The maximum Gasteiger partial charge on any atom is 0.418 e. The van der Waals surface area contributed by atoms with E-state index < -0.39 is 63.9 Å². The van der Waals surface area contributed by atoms with Gasteiger partial charge in [-0.15, -0.1) is 0 Å². The first-order chi connectivity index (χ1) is 15.3. The van der Waals surface area contributed by atoms with Crippen molar-refractivity contribution in [2.45, 2.75) is 32.0 Å². The molecule has 1 aromatic rings. The highest BCUT2D eigenvalue weighted by atomic mass is 32.2. The molecule has 33 heavy (non-hydrogen) atoms. The number of benzene rings is 1. The molecule has 0 aliphatic heterocycles. The molecule has 0 bridgehead atoms. The molecular weight excluding hydrogens is 474 g/mol. The third-order valence-corrected chi connectivity index (χ3v) is 6.37. The Balaban J connectivity index is 1.75. The average molecular weight is 494 g/mol. The van der Waals surface area contributed by atoms with E-state index in [2.05, 4.69) is 4.18 Å². The standard InChI is InChI=1S/C21H20F6N2O3S/c1-20(10-2-3-12(13(22)6-10)21(25,26)27)8-11(20)7-16(30)18(28)9-4-14(23)17(15(24)5-9)19(31)32-33-29/h3-7,10-11,18,30H,2,8,28-29H2,1H3/b16-7-/t10?,11-,18+,20+/m1/s1. The van der Waals surface area contributed by atoms with Crippen molar-refractivity contribution in [2.75, 3.05) is 0 Å². The highest BCUT2D eigenvalue weighted by Gasteiger charge is 2.54. The van der Waals surface area contributed by atoms with Gasteiger partial charge in [0.1, 0.15) is 41.0 Å². The van der Waals surface area contributed by atoms with E-state index in [0.29, 0.717) is 6.42 Å². The molecule has 1 unspecified atom stereocenters. The van der Waals surface area contributed by atoms with Crippen molar-refractivity contribution >= 4 is 18.2 Å². The zero-order valence-electron chi connectivity index (χ0n) is 17.1. The highest BCUT2D eigenvalue weighted by Crippen LogP contribution is 2.61. The van der Waals surface area contributed by atoms with Gasteiger partial charge in [-0.05, 0) is 59.9 Å². The Hall–Kier alpha value is -2.44. The molecule has 1 saturated carbocycles. The quantitative estimate of drug-likeness (QED) is 0.210. The fourth-order valence-electron chi connectivity index (χ4n) is 4.01. The highest BCUT2D eigenvalue weighted by molar-refractivity contribution is 7.92. The van der Waals surface area contributed by atoms with Gasteiger partial charge in [0, 0.05) is 0 Å². The van der Waals surface area contributed by atoms with Crippen molar-refractivity contribution in [3.63, 3.8) is 0 Å². The smallest absolute Gasteiger partial charge is 0.418 e. The van der Waals surface area contributed by atoms with E-state index >= 15 is 0 Å². The Morgan fingerprint density at radius 1 is 1.30 bits per heavy atom. The van der Waals surface area contributed by atoms with Gasteiger partial charge in [-0.25, -0.2) is 23.1 Å². The summed E-state index contributed by atoms with van der Waals surface area (Å²) in [5.41, 5.74) is 2.83. The fraction of sp³-hybridized carbons (Fsp3) is 0.381. The second-order valence-corrected chi connectivity index (χ2v) is 8.54. The van der Waals surface area contributed by atoms with Gasteiger partial charge in [0.2, 0.25) is 0 Å². The molecule has 12 heteroatoms. The summed E-state index contributed by atoms with van der Waals surface area (Å²) in [6, 6.07) is 0.192. The van der Waals surface area contributed by atoms with Gasteiger partial charge < -0.3 is 15.0 Å². The molecule has 2 aliphatic carbocycles. The monoisotopic (exact) mass is 494 g/mol. The van der Waals surface area contributed by atoms with Gasteiger partial charge in [-0.2, -0.15) is 13.2 Å². The molecule has 0 heterocycles. The van der Waals surface area contributed by atoms with Crippen LogP contribution in [0.5, 0.6) is 0 Å². The number of hydrogen-bond acceptors (Lipinski definition) is 6. The normalized spacial score (nSPS) is 26.4. The maximum atomic E-state index is 14.2. The van der Waals surface area contributed by atoms with Crippen LogP contribution >= 0.6 is 12.2 Å². The van der Waals surface area contributed by atoms with Crippen molar-refractivity contribution in [3.05, 3.63) is 70.3 Å². The first kappa shape index (κ1) is 25.2. The third kappa shape index (κ3) is 5.07. The molecule has 0 radical (unpaired) electrons. The molecule has 3 rings (SSSR count). The lowest BCUT2D eigenvalue weighted by atomic mass is 9.81.